The number of aliphatic hydroxyl groups excluding tert-OH is 1. The summed E-state index contributed by atoms with van der Waals surface area (Å²) in [5.74, 6) is 0.862. The molecule has 1 fully saturated rings. The van der Waals surface area contributed by atoms with Gasteiger partial charge in [-0.3, -0.25) is 0 Å². The first kappa shape index (κ1) is 13.2. The Kier molecular flexibility index (Phi) is 4.44. The van der Waals surface area contributed by atoms with Gasteiger partial charge in [-0.15, -0.1) is 0 Å². The first-order chi connectivity index (χ1) is 8.74. The fourth-order valence-electron chi connectivity index (χ4n) is 2.34. The van der Waals surface area contributed by atoms with E-state index in [0.29, 0.717) is 6.04 Å². The van der Waals surface area contributed by atoms with E-state index in [9.17, 15) is 5.11 Å². The molecule has 1 heterocycles. The molecule has 2 rings (SSSR count). The number of aliphatic hydroxyl groups is 1. The van der Waals surface area contributed by atoms with Crippen LogP contribution >= 0.6 is 0 Å². The van der Waals surface area contributed by atoms with E-state index in [2.05, 4.69) is 29.3 Å². The van der Waals surface area contributed by atoms with Crippen molar-refractivity contribution < 1.29 is 9.84 Å². The van der Waals surface area contributed by atoms with Crippen LogP contribution in [0, 0.1) is 0 Å². The van der Waals surface area contributed by atoms with E-state index in [4.69, 9.17) is 4.74 Å². The van der Waals surface area contributed by atoms with Crippen molar-refractivity contribution >= 4 is 5.69 Å². The number of anilines is 1. The molecule has 1 aliphatic heterocycles. The summed E-state index contributed by atoms with van der Waals surface area (Å²) in [5.41, 5.74) is 1.14. The van der Waals surface area contributed by atoms with Crippen molar-refractivity contribution in [2.45, 2.75) is 25.4 Å². The van der Waals surface area contributed by atoms with E-state index in [1.165, 1.54) is 0 Å². The molecule has 1 aliphatic rings. The van der Waals surface area contributed by atoms with Crippen LogP contribution in [0.2, 0.25) is 0 Å². The monoisotopic (exact) mass is 250 g/mol. The van der Waals surface area contributed by atoms with E-state index in [0.717, 1.165) is 30.9 Å². The second kappa shape index (κ2) is 6.07. The molecular weight excluding hydrogens is 228 g/mol. The average molecular weight is 250 g/mol. The van der Waals surface area contributed by atoms with E-state index in [1.54, 1.807) is 7.11 Å². The molecule has 0 saturated carbocycles. The van der Waals surface area contributed by atoms with Crippen LogP contribution in [0.15, 0.2) is 24.3 Å². The van der Waals surface area contributed by atoms with Gasteiger partial charge in [0.15, 0.2) is 0 Å². The van der Waals surface area contributed by atoms with E-state index >= 15 is 0 Å². The highest BCUT2D eigenvalue weighted by Gasteiger charge is 2.22. The maximum atomic E-state index is 9.53. The Morgan fingerprint density at radius 1 is 1.39 bits per heavy atom. The van der Waals surface area contributed by atoms with Gasteiger partial charge in [-0.1, -0.05) is 0 Å². The number of ether oxygens (including phenoxy) is 1. The van der Waals surface area contributed by atoms with Crippen molar-refractivity contribution in [3.63, 3.8) is 0 Å². The van der Waals surface area contributed by atoms with Gasteiger partial charge in [0.05, 0.1) is 19.8 Å². The fourth-order valence-corrected chi connectivity index (χ4v) is 2.34. The Hall–Kier alpha value is -1.26. The lowest BCUT2D eigenvalue weighted by molar-refractivity contribution is 0.259. The predicted molar refractivity (Wildman–Crippen MR) is 73.3 cm³/mol. The third-order valence-electron chi connectivity index (χ3n) is 3.56. The first-order valence-electron chi connectivity index (χ1n) is 6.49. The van der Waals surface area contributed by atoms with Crippen molar-refractivity contribution in [1.29, 1.82) is 0 Å². The maximum Gasteiger partial charge on any atom is 0.119 e. The maximum absolute atomic E-state index is 9.53. The molecule has 100 valence electrons. The summed E-state index contributed by atoms with van der Waals surface area (Å²) in [4.78, 5) is 2.27. The summed E-state index contributed by atoms with van der Waals surface area (Å²) < 4.78 is 5.17. The second-order valence-electron chi connectivity index (χ2n) is 4.83. The summed E-state index contributed by atoms with van der Waals surface area (Å²) in [6, 6.07) is 8.68. The lowest BCUT2D eigenvalue weighted by atomic mass is 10.2. The van der Waals surface area contributed by atoms with Crippen molar-refractivity contribution in [1.82, 2.24) is 5.32 Å². The Bertz CT molecular complexity index is 367. The largest absolute Gasteiger partial charge is 0.497 e. The van der Waals surface area contributed by atoms with Gasteiger partial charge in [-0.05, 0) is 37.6 Å². The zero-order valence-electron chi connectivity index (χ0n) is 11.1. The topological polar surface area (TPSA) is 44.7 Å². The molecule has 0 aliphatic carbocycles. The normalized spacial score (nSPS) is 24.7. The number of methoxy groups -OCH3 is 1. The SMILES string of the molecule is COc1ccc(N2CCC(C)NCC2CO)cc1. The van der Waals surface area contributed by atoms with Crippen LogP contribution in [-0.2, 0) is 0 Å². The summed E-state index contributed by atoms with van der Waals surface area (Å²) in [6.07, 6.45) is 1.09. The molecule has 0 spiro atoms. The van der Waals surface area contributed by atoms with Crippen LogP contribution in [0.4, 0.5) is 5.69 Å². The minimum absolute atomic E-state index is 0.142. The molecule has 1 aromatic rings. The summed E-state index contributed by atoms with van der Waals surface area (Å²) in [7, 11) is 1.67. The van der Waals surface area contributed by atoms with Crippen LogP contribution < -0.4 is 15.0 Å². The Morgan fingerprint density at radius 3 is 2.72 bits per heavy atom. The molecule has 0 bridgehead atoms. The number of nitrogens with zero attached hydrogens (tertiary/aromatic N) is 1. The molecule has 2 unspecified atom stereocenters. The van der Waals surface area contributed by atoms with Crippen LogP contribution in [0.5, 0.6) is 5.75 Å². The number of hydrogen-bond donors (Lipinski definition) is 2. The smallest absolute Gasteiger partial charge is 0.119 e. The zero-order chi connectivity index (χ0) is 13.0. The molecule has 0 amide bonds. The van der Waals surface area contributed by atoms with Crippen molar-refractivity contribution in [2.75, 3.05) is 31.7 Å². The van der Waals surface area contributed by atoms with Crippen LogP contribution in [0.3, 0.4) is 0 Å². The van der Waals surface area contributed by atoms with Crippen molar-refractivity contribution in [2.24, 2.45) is 0 Å². The van der Waals surface area contributed by atoms with E-state index in [1.807, 2.05) is 12.1 Å². The van der Waals surface area contributed by atoms with Crippen LogP contribution in [0.25, 0.3) is 0 Å². The van der Waals surface area contributed by atoms with Gasteiger partial charge in [-0.25, -0.2) is 0 Å². The average Bonchev–Trinajstić information content (AvgIpc) is 2.60. The summed E-state index contributed by atoms with van der Waals surface area (Å²) in [6.45, 7) is 4.15. The minimum Gasteiger partial charge on any atom is -0.497 e. The highest BCUT2D eigenvalue weighted by Crippen LogP contribution is 2.22. The van der Waals surface area contributed by atoms with Gasteiger partial charge < -0.3 is 20.1 Å². The Labute approximate surface area is 109 Å². The molecule has 1 saturated heterocycles. The lowest BCUT2D eigenvalue weighted by Gasteiger charge is -2.30. The molecule has 4 nitrogen and oxygen atoms in total. The molecule has 0 aromatic heterocycles. The van der Waals surface area contributed by atoms with E-state index in [-0.39, 0.29) is 12.6 Å². The molecule has 2 atom stereocenters. The molecule has 2 N–H and O–H groups in total. The van der Waals surface area contributed by atoms with Gasteiger partial charge in [0, 0.05) is 24.8 Å². The standard InChI is InChI=1S/C14H22N2O2/c1-11-7-8-16(13(10-17)9-15-11)12-3-5-14(18-2)6-4-12/h3-6,11,13,15,17H,7-10H2,1-2H3. The number of benzene rings is 1. The summed E-state index contributed by atoms with van der Waals surface area (Å²) >= 11 is 0. The number of hydrogen-bond acceptors (Lipinski definition) is 4. The quantitative estimate of drug-likeness (QED) is 0.847. The first-order valence-corrected chi connectivity index (χ1v) is 6.49. The van der Waals surface area contributed by atoms with Crippen molar-refractivity contribution in [3.05, 3.63) is 24.3 Å². The highest BCUT2D eigenvalue weighted by atomic mass is 16.5. The zero-order valence-corrected chi connectivity index (χ0v) is 11.1. The van der Waals surface area contributed by atoms with Gasteiger partial charge in [0.1, 0.15) is 5.75 Å². The van der Waals surface area contributed by atoms with Crippen LogP contribution in [-0.4, -0.2) is 44.0 Å². The van der Waals surface area contributed by atoms with E-state index < -0.39 is 0 Å². The third kappa shape index (κ3) is 2.94. The van der Waals surface area contributed by atoms with Gasteiger partial charge in [-0.2, -0.15) is 0 Å². The lowest BCUT2D eigenvalue weighted by Crippen LogP contribution is -2.42. The van der Waals surface area contributed by atoms with Crippen LogP contribution in [0.1, 0.15) is 13.3 Å². The Balaban J connectivity index is 2.16. The van der Waals surface area contributed by atoms with Gasteiger partial charge in [0.2, 0.25) is 0 Å². The molecular formula is C14H22N2O2. The van der Waals surface area contributed by atoms with Crippen molar-refractivity contribution in [3.8, 4) is 5.75 Å². The molecule has 4 heteroatoms. The Morgan fingerprint density at radius 2 is 2.11 bits per heavy atom. The fraction of sp³-hybridized carbons (Fsp3) is 0.571. The number of nitrogens with one attached hydrogen (secondary N) is 1. The van der Waals surface area contributed by atoms with Gasteiger partial charge in [0.25, 0.3) is 0 Å². The van der Waals surface area contributed by atoms with Gasteiger partial charge >= 0.3 is 0 Å². The minimum atomic E-state index is 0.142. The molecule has 1 aromatic carbocycles. The predicted octanol–water partition coefficient (Wildman–Crippen LogP) is 1.24. The highest BCUT2D eigenvalue weighted by molar-refractivity contribution is 5.50. The molecule has 0 radical (unpaired) electrons. The summed E-state index contributed by atoms with van der Waals surface area (Å²) in [5, 5.41) is 13.0. The molecule has 18 heavy (non-hydrogen) atoms. The number of rotatable bonds is 3. The second-order valence-corrected chi connectivity index (χ2v) is 4.83. The third-order valence-corrected chi connectivity index (χ3v) is 3.56.